The van der Waals surface area contributed by atoms with E-state index in [2.05, 4.69) is 10.1 Å². The lowest BCUT2D eigenvalue weighted by atomic mass is 10.2. The van der Waals surface area contributed by atoms with Crippen LogP contribution < -0.4 is 0 Å². The molecule has 0 saturated heterocycles. The number of nitro benzene ring substituents is 1. The van der Waals surface area contributed by atoms with Gasteiger partial charge in [-0.3, -0.25) is 19.8 Å². The molecule has 100 valence electrons. The number of aryl methyl sites for hydroxylation is 2. The molecule has 6 nitrogen and oxygen atoms in total. The monoisotopic (exact) mass is 268 g/mol. The molecule has 0 bridgehead atoms. The molecule has 0 atom stereocenters. The van der Waals surface area contributed by atoms with Gasteiger partial charge in [-0.25, -0.2) is 0 Å². The maximum absolute atomic E-state index is 10.7. The van der Waals surface area contributed by atoms with Crippen molar-refractivity contribution in [3.63, 3.8) is 0 Å². The highest BCUT2D eigenvalue weighted by Crippen LogP contribution is 2.19. The van der Waals surface area contributed by atoms with Crippen molar-refractivity contribution in [3.05, 3.63) is 64.6 Å². The zero-order valence-electron chi connectivity index (χ0n) is 10.6. The van der Waals surface area contributed by atoms with Gasteiger partial charge in [0, 0.05) is 48.6 Å². The molecular weight excluding hydrogens is 256 g/mol. The molecule has 0 spiro atoms. The number of hydrogen-bond donors (Lipinski definition) is 0. The van der Waals surface area contributed by atoms with Crippen LogP contribution in [0.3, 0.4) is 0 Å². The Balaban J connectivity index is 1.80. The fraction of sp³-hybridized carbons (Fsp3) is 0.143. The topological polar surface area (TPSA) is 73.8 Å². The smallest absolute Gasteiger partial charge is 0.271 e. The number of aromatic nitrogens is 3. The summed E-state index contributed by atoms with van der Waals surface area (Å²) in [6.07, 6.45) is 4.43. The van der Waals surface area contributed by atoms with Gasteiger partial charge in [-0.05, 0) is 18.2 Å². The average Bonchev–Trinajstić information content (AvgIpc) is 2.88. The standard InChI is InChI=1S/C14H12N4O2/c19-18(20)13-5-4-11-10-17(16-14(11)9-13)8-6-12-3-1-2-7-15-12/h1-5,7,9-10H,6,8H2. The molecule has 0 aliphatic heterocycles. The predicted molar refractivity (Wildman–Crippen MR) is 74.3 cm³/mol. The molecule has 3 aromatic rings. The van der Waals surface area contributed by atoms with Gasteiger partial charge in [0.05, 0.1) is 10.4 Å². The van der Waals surface area contributed by atoms with Crippen LogP contribution in [0, 0.1) is 10.1 Å². The summed E-state index contributed by atoms with van der Waals surface area (Å²) in [4.78, 5) is 14.6. The molecule has 0 amide bonds. The van der Waals surface area contributed by atoms with E-state index in [-0.39, 0.29) is 5.69 Å². The van der Waals surface area contributed by atoms with E-state index >= 15 is 0 Å². The Bertz CT molecular complexity index is 752. The van der Waals surface area contributed by atoms with Gasteiger partial charge >= 0.3 is 0 Å². The number of non-ortho nitro benzene ring substituents is 1. The lowest BCUT2D eigenvalue weighted by Gasteiger charge is -2.00. The van der Waals surface area contributed by atoms with Crippen molar-refractivity contribution in [1.82, 2.24) is 14.8 Å². The van der Waals surface area contributed by atoms with Crippen molar-refractivity contribution in [2.75, 3.05) is 0 Å². The molecule has 0 fully saturated rings. The SMILES string of the molecule is O=[N+]([O-])c1ccc2cn(CCc3ccccn3)nc2c1. The summed E-state index contributed by atoms with van der Waals surface area (Å²) in [7, 11) is 0. The van der Waals surface area contributed by atoms with Crippen molar-refractivity contribution in [1.29, 1.82) is 0 Å². The van der Waals surface area contributed by atoms with Gasteiger partial charge in [0.15, 0.2) is 0 Å². The van der Waals surface area contributed by atoms with E-state index < -0.39 is 4.92 Å². The third kappa shape index (κ3) is 2.49. The Labute approximate surface area is 114 Å². The van der Waals surface area contributed by atoms with E-state index in [0.29, 0.717) is 12.1 Å². The van der Waals surface area contributed by atoms with Gasteiger partial charge in [0.25, 0.3) is 5.69 Å². The number of pyridine rings is 1. The highest BCUT2D eigenvalue weighted by atomic mass is 16.6. The van der Waals surface area contributed by atoms with Crippen LogP contribution in [-0.2, 0) is 13.0 Å². The molecule has 20 heavy (non-hydrogen) atoms. The first-order valence-electron chi connectivity index (χ1n) is 6.24. The van der Waals surface area contributed by atoms with Crippen LogP contribution in [-0.4, -0.2) is 19.7 Å². The van der Waals surface area contributed by atoms with Gasteiger partial charge in [-0.2, -0.15) is 5.10 Å². The summed E-state index contributed by atoms with van der Waals surface area (Å²) in [5, 5.41) is 16.0. The fourth-order valence-electron chi connectivity index (χ4n) is 2.06. The molecule has 0 radical (unpaired) electrons. The third-order valence-corrected chi connectivity index (χ3v) is 3.07. The third-order valence-electron chi connectivity index (χ3n) is 3.07. The van der Waals surface area contributed by atoms with Crippen molar-refractivity contribution in [2.45, 2.75) is 13.0 Å². The van der Waals surface area contributed by atoms with E-state index in [0.717, 1.165) is 17.5 Å². The largest absolute Gasteiger partial charge is 0.271 e. The number of benzene rings is 1. The van der Waals surface area contributed by atoms with Crippen LogP contribution >= 0.6 is 0 Å². The molecule has 0 unspecified atom stereocenters. The second kappa shape index (κ2) is 5.08. The van der Waals surface area contributed by atoms with Crippen LogP contribution in [0.2, 0.25) is 0 Å². The summed E-state index contributed by atoms with van der Waals surface area (Å²) in [6, 6.07) is 10.5. The number of fused-ring (bicyclic) bond motifs is 1. The zero-order valence-corrected chi connectivity index (χ0v) is 10.6. The van der Waals surface area contributed by atoms with Gasteiger partial charge in [0.1, 0.15) is 0 Å². The Kier molecular flexibility index (Phi) is 3.12. The van der Waals surface area contributed by atoms with E-state index in [1.54, 1.807) is 16.9 Å². The van der Waals surface area contributed by atoms with Crippen molar-refractivity contribution < 1.29 is 4.92 Å². The molecular formula is C14H12N4O2. The Morgan fingerprint density at radius 3 is 2.90 bits per heavy atom. The zero-order chi connectivity index (χ0) is 13.9. The van der Waals surface area contributed by atoms with E-state index in [9.17, 15) is 10.1 Å². The van der Waals surface area contributed by atoms with Gasteiger partial charge in [0.2, 0.25) is 0 Å². The minimum atomic E-state index is -0.410. The van der Waals surface area contributed by atoms with Crippen LogP contribution in [0.4, 0.5) is 5.69 Å². The highest BCUT2D eigenvalue weighted by molar-refractivity contribution is 5.80. The van der Waals surface area contributed by atoms with Crippen LogP contribution in [0.5, 0.6) is 0 Å². The van der Waals surface area contributed by atoms with Crippen LogP contribution in [0.15, 0.2) is 48.8 Å². The molecule has 3 rings (SSSR count). The maximum Gasteiger partial charge on any atom is 0.271 e. The highest BCUT2D eigenvalue weighted by Gasteiger charge is 2.08. The Morgan fingerprint density at radius 2 is 2.15 bits per heavy atom. The number of nitrogens with zero attached hydrogens (tertiary/aromatic N) is 4. The first kappa shape index (κ1) is 12.3. The number of nitro groups is 1. The van der Waals surface area contributed by atoms with Crippen molar-refractivity contribution in [2.24, 2.45) is 0 Å². The molecule has 0 aliphatic rings. The fourth-order valence-corrected chi connectivity index (χ4v) is 2.06. The predicted octanol–water partition coefficient (Wildman–Crippen LogP) is 2.58. The average molecular weight is 268 g/mol. The van der Waals surface area contributed by atoms with Gasteiger partial charge < -0.3 is 0 Å². The first-order chi connectivity index (χ1) is 9.72. The Morgan fingerprint density at radius 1 is 1.25 bits per heavy atom. The maximum atomic E-state index is 10.7. The quantitative estimate of drug-likeness (QED) is 0.538. The summed E-state index contributed by atoms with van der Waals surface area (Å²) in [6.45, 7) is 0.694. The van der Waals surface area contributed by atoms with Gasteiger partial charge in [-0.1, -0.05) is 6.07 Å². The summed E-state index contributed by atoms with van der Waals surface area (Å²) in [5.41, 5.74) is 1.70. The van der Waals surface area contributed by atoms with Crippen LogP contribution in [0.1, 0.15) is 5.69 Å². The molecule has 1 aromatic carbocycles. The van der Waals surface area contributed by atoms with E-state index in [4.69, 9.17) is 0 Å². The second-order valence-corrected chi connectivity index (χ2v) is 4.46. The first-order valence-corrected chi connectivity index (χ1v) is 6.24. The summed E-state index contributed by atoms with van der Waals surface area (Å²) in [5.74, 6) is 0. The molecule has 6 heteroatoms. The summed E-state index contributed by atoms with van der Waals surface area (Å²) >= 11 is 0. The molecule has 2 heterocycles. The second-order valence-electron chi connectivity index (χ2n) is 4.46. The van der Waals surface area contributed by atoms with Crippen molar-refractivity contribution in [3.8, 4) is 0 Å². The molecule has 2 aromatic heterocycles. The molecule has 0 aliphatic carbocycles. The lowest BCUT2D eigenvalue weighted by molar-refractivity contribution is -0.384. The normalized spacial score (nSPS) is 10.8. The lowest BCUT2D eigenvalue weighted by Crippen LogP contribution is -2.02. The number of rotatable bonds is 4. The minimum Gasteiger partial charge on any atom is -0.271 e. The minimum absolute atomic E-state index is 0.0625. The summed E-state index contributed by atoms with van der Waals surface area (Å²) < 4.78 is 1.79. The number of hydrogen-bond acceptors (Lipinski definition) is 4. The molecule has 0 saturated carbocycles. The van der Waals surface area contributed by atoms with E-state index in [1.165, 1.54) is 12.1 Å². The van der Waals surface area contributed by atoms with Crippen LogP contribution in [0.25, 0.3) is 10.9 Å². The Hall–Kier alpha value is -2.76. The molecule has 0 N–H and O–H groups in total. The van der Waals surface area contributed by atoms with E-state index in [1.807, 2.05) is 24.4 Å². The van der Waals surface area contributed by atoms with Gasteiger partial charge in [-0.15, -0.1) is 0 Å². The van der Waals surface area contributed by atoms with Crippen molar-refractivity contribution >= 4 is 16.6 Å².